The van der Waals surface area contributed by atoms with Gasteiger partial charge in [-0.25, -0.2) is 0 Å². The summed E-state index contributed by atoms with van der Waals surface area (Å²) in [5, 5.41) is 7.46. The maximum Gasteiger partial charge on any atom is 0.224 e. The Morgan fingerprint density at radius 1 is 1.38 bits per heavy atom. The van der Waals surface area contributed by atoms with Crippen LogP contribution in [-0.2, 0) is 11.3 Å². The van der Waals surface area contributed by atoms with E-state index in [1.54, 1.807) is 23.0 Å². The number of nitrogens with zero attached hydrogens (tertiary/aromatic N) is 2. The van der Waals surface area contributed by atoms with E-state index in [4.69, 9.17) is 28.9 Å². The summed E-state index contributed by atoms with van der Waals surface area (Å²) in [5.74, 6) is -0.158. The van der Waals surface area contributed by atoms with Crippen molar-refractivity contribution in [2.45, 2.75) is 19.4 Å². The second-order valence-electron chi connectivity index (χ2n) is 4.43. The molecule has 5 nitrogen and oxygen atoms in total. The zero-order valence-corrected chi connectivity index (χ0v) is 14.0. The highest BCUT2D eigenvalue weighted by molar-refractivity contribution is 9.10. The highest BCUT2D eigenvalue weighted by Gasteiger charge is 2.11. The Balaban J connectivity index is 1.87. The highest BCUT2D eigenvalue weighted by atomic mass is 79.9. The zero-order valence-electron chi connectivity index (χ0n) is 10.9. The van der Waals surface area contributed by atoms with Crippen LogP contribution in [0.5, 0.6) is 0 Å². The lowest BCUT2D eigenvalue weighted by molar-refractivity contribution is -0.116. The number of nitrogens with one attached hydrogen (secondary N) is 1. The van der Waals surface area contributed by atoms with Crippen molar-refractivity contribution in [3.8, 4) is 0 Å². The van der Waals surface area contributed by atoms with Crippen LogP contribution in [0.1, 0.15) is 12.8 Å². The van der Waals surface area contributed by atoms with Gasteiger partial charge in [0, 0.05) is 24.8 Å². The van der Waals surface area contributed by atoms with Gasteiger partial charge < -0.3 is 11.1 Å². The molecule has 1 aromatic heterocycles. The second-order valence-corrected chi connectivity index (χ2v) is 6.16. The molecule has 1 aromatic carbocycles. The molecule has 1 amide bonds. The molecule has 2 aromatic rings. The minimum absolute atomic E-state index is 0.158. The predicted octanol–water partition coefficient (Wildman–Crippen LogP) is 3.95. The van der Waals surface area contributed by atoms with Crippen molar-refractivity contribution in [1.29, 1.82) is 0 Å². The van der Waals surface area contributed by atoms with Gasteiger partial charge in [-0.3, -0.25) is 9.48 Å². The first kappa shape index (κ1) is 16.1. The number of hydrogen-bond donors (Lipinski definition) is 2. The number of nitrogens with two attached hydrogens (primary N) is 1. The van der Waals surface area contributed by atoms with Gasteiger partial charge in [0.1, 0.15) is 0 Å². The first-order valence-electron chi connectivity index (χ1n) is 6.18. The second kappa shape index (κ2) is 7.15. The molecule has 112 valence electrons. The number of nitrogen functional groups attached to an aromatic ring is 1. The largest absolute Gasteiger partial charge is 0.399 e. The number of carbonyl (C=O) groups excluding carboxylic acids is 1. The molecule has 8 heteroatoms. The molecule has 0 saturated carbocycles. The average molecular weight is 392 g/mol. The molecule has 0 radical (unpaired) electrons. The van der Waals surface area contributed by atoms with E-state index in [2.05, 4.69) is 26.3 Å². The van der Waals surface area contributed by atoms with Gasteiger partial charge in [0.2, 0.25) is 5.91 Å². The van der Waals surface area contributed by atoms with Crippen molar-refractivity contribution < 1.29 is 4.79 Å². The van der Waals surface area contributed by atoms with Gasteiger partial charge >= 0.3 is 0 Å². The molecule has 0 saturated heterocycles. The summed E-state index contributed by atoms with van der Waals surface area (Å²) in [6, 6.07) is 3.09. The van der Waals surface area contributed by atoms with Crippen LogP contribution in [0, 0.1) is 0 Å². The third kappa shape index (κ3) is 4.62. The van der Waals surface area contributed by atoms with Crippen molar-refractivity contribution in [2.24, 2.45) is 0 Å². The Morgan fingerprint density at radius 3 is 2.62 bits per heavy atom. The fraction of sp³-hybridized carbons (Fsp3) is 0.231. The minimum Gasteiger partial charge on any atom is -0.399 e. The third-order valence-electron chi connectivity index (χ3n) is 2.72. The fourth-order valence-electron chi connectivity index (χ4n) is 1.78. The van der Waals surface area contributed by atoms with E-state index < -0.39 is 0 Å². The topological polar surface area (TPSA) is 72.9 Å². The smallest absolute Gasteiger partial charge is 0.224 e. The summed E-state index contributed by atoms with van der Waals surface area (Å²) in [6.07, 6.45) is 4.55. The first-order valence-corrected chi connectivity index (χ1v) is 7.73. The van der Waals surface area contributed by atoms with Crippen LogP contribution in [0.3, 0.4) is 0 Å². The van der Waals surface area contributed by atoms with Crippen LogP contribution < -0.4 is 11.1 Å². The standard InChI is InChI=1S/C13H13BrCl2N4O/c14-8-6-18-20(7-8)3-1-2-12(21)19-13-10(15)4-9(17)5-11(13)16/h4-7H,1-3,17H2,(H,19,21). The first-order chi connectivity index (χ1) is 9.95. The van der Waals surface area contributed by atoms with Crippen LogP contribution in [0.2, 0.25) is 10.0 Å². The summed E-state index contributed by atoms with van der Waals surface area (Å²) < 4.78 is 2.67. The van der Waals surface area contributed by atoms with Gasteiger partial charge in [0.25, 0.3) is 0 Å². The number of aryl methyl sites for hydroxylation is 1. The molecule has 0 aliphatic rings. The molecule has 0 aliphatic heterocycles. The van der Waals surface area contributed by atoms with E-state index in [-0.39, 0.29) is 5.91 Å². The number of anilines is 2. The Kier molecular flexibility index (Phi) is 5.50. The number of aromatic nitrogens is 2. The van der Waals surface area contributed by atoms with Crippen LogP contribution >= 0.6 is 39.1 Å². The molecule has 0 bridgehead atoms. The number of benzene rings is 1. The van der Waals surface area contributed by atoms with Gasteiger partial charge in [0.05, 0.1) is 26.4 Å². The molecule has 1 heterocycles. The van der Waals surface area contributed by atoms with E-state index in [1.807, 2.05) is 6.20 Å². The monoisotopic (exact) mass is 390 g/mol. The summed E-state index contributed by atoms with van der Waals surface area (Å²) in [5.41, 5.74) is 6.45. The Hall–Kier alpha value is -1.24. The van der Waals surface area contributed by atoms with E-state index >= 15 is 0 Å². The zero-order chi connectivity index (χ0) is 15.4. The lowest BCUT2D eigenvalue weighted by Crippen LogP contribution is -2.13. The number of hydrogen-bond acceptors (Lipinski definition) is 3. The average Bonchev–Trinajstić information content (AvgIpc) is 2.79. The minimum atomic E-state index is -0.158. The summed E-state index contributed by atoms with van der Waals surface area (Å²) in [6.45, 7) is 0.655. The highest BCUT2D eigenvalue weighted by Crippen LogP contribution is 2.32. The maximum absolute atomic E-state index is 11.9. The number of carbonyl (C=O) groups is 1. The van der Waals surface area contributed by atoms with Gasteiger partial charge in [-0.05, 0) is 34.5 Å². The lowest BCUT2D eigenvalue weighted by Gasteiger charge is -2.10. The predicted molar refractivity (Wildman–Crippen MR) is 88.7 cm³/mol. The van der Waals surface area contributed by atoms with Crippen LogP contribution in [0.4, 0.5) is 11.4 Å². The summed E-state index contributed by atoms with van der Waals surface area (Å²) in [7, 11) is 0. The number of halogens is 3. The third-order valence-corrected chi connectivity index (χ3v) is 3.73. The van der Waals surface area contributed by atoms with Crippen molar-refractivity contribution in [3.63, 3.8) is 0 Å². The van der Waals surface area contributed by atoms with Gasteiger partial charge in [0.15, 0.2) is 0 Å². The molecule has 0 atom stereocenters. The van der Waals surface area contributed by atoms with E-state index in [0.29, 0.717) is 40.8 Å². The molecule has 3 N–H and O–H groups in total. The Morgan fingerprint density at radius 2 is 2.05 bits per heavy atom. The van der Waals surface area contributed by atoms with Crippen molar-refractivity contribution in [3.05, 3.63) is 39.0 Å². The Bertz CT molecular complexity index is 636. The van der Waals surface area contributed by atoms with Gasteiger partial charge in [-0.15, -0.1) is 0 Å². The SMILES string of the molecule is Nc1cc(Cl)c(NC(=O)CCCn2cc(Br)cn2)c(Cl)c1. The fourth-order valence-corrected chi connectivity index (χ4v) is 2.70. The Labute approximate surface area is 140 Å². The van der Waals surface area contributed by atoms with Crippen LogP contribution in [-0.4, -0.2) is 15.7 Å². The molecular weight excluding hydrogens is 379 g/mol. The molecule has 0 unspecified atom stereocenters. The maximum atomic E-state index is 11.9. The molecule has 21 heavy (non-hydrogen) atoms. The number of amides is 1. The lowest BCUT2D eigenvalue weighted by atomic mass is 10.2. The van der Waals surface area contributed by atoms with E-state index in [0.717, 1.165) is 4.47 Å². The molecule has 2 rings (SSSR count). The molecule has 0 spiro atoms. The van der Waals surface area contributed by atoms with E-state index in [9.17, 15) is 4.79 Å². The summed E-state index contributed by atoms with van der Waals surface area (Å²) in [4.78, 5) is 11.9. The van der Waals surface area contributed by atoms with Gasteiger partial charge in [-0.2, -0.15) is 5.10 Å². The molecule has 0 fully saturated rings. The van der Waals surface area contributed by atoms with Crippen LogP contribution in [0.25, 0.3) is 0 Å². The van der Waals surface area contributed by atoms with Crippen molar-refractivity contribution in [1.82, 2.24) is 9.78 Å². The quantitative estimate of drug-likeness (QED) is 0.757. The van der Waals surface area contributed by atoms with Crippen molar-refractivity contribution >= 4 is 56.4 Å². The summed E-state index contributed by atoms with van der Waals surface area (Å²) >= 11 is 15.3. The molecular formula is C13H13BrCl2N4O. The molecule has 0 aliphatic carbocycles. The van der Waals surface area contributed by atoms with E-state index in [1.165, 1.54) is 0 Å². The van der Waals surface area contributed by atoms with Crippen molar-refractivity contribution in [2.75, 3.05) is 11.1 Å². The number of rotatable bonds is 5. The normalized spacial score (nSPS) is 10.6. The van der Waals surface area contributed by atoms with Crippen LogP contribution in [0.15, 0.2) is 29.0 Å². The van der Waals surface area contributed by atoms with Gasteiger partial charge in [-0.1, -0.05) is 23.2 Å².